The number of hydrogen-bond acceptors (Lipinski definition) is 6. The molecule has 0 N–H and O–H groups in total. The maximum Gasteiger partial charge on any atom is 0.352 e. The van der Waals surface area contributed by atoms with Crippen LogP contribution < -0.4 is 11.2 Å². The summed E-state index contributed by atoms with van der Waals surface area (Å²) in [5.41, 5.74) is 1.66. The molecule has 0 fully saturated rings. The van der Waals surface area contributed by atoms with Crippen LogP contribution in [0.25, 0.3) is 22.6 Å². The van der Waals surface area contributed by atoms with Gasteiger partial charge in [-0.1, -0.05) is 206 Å². The molecule has 0 saturated carbocycles. The first kappa shape index (κ1) is 48.3. The van der Waals surface area contributed by atoms with Crippen LogP contribution in [0.15, 0.2) is 21.7 Å². The van der Waals surface area contributed by atoms with Gasteiger partial charge in [-0.3, -0.25) is 9.36 Å². The van der Waals surface area contributed by atoms with Crippen LogP contribution in [0.2, 0.25) is 0 Å². The second-order valence-electron chi connectivity index (χ2n) is 17.1. The molecule has 0 spiro atoms. The van der Waals surface area contributed by atoms with Crippen LogP contribution in [-0.2, 0) is 18.3 Å². The standard InChI is InChI=1S/C49H82N4O4/c1-5-7-9-11-13-15-17-19-21-23-25-27-29-31-33-35-37-53-47(54)45-46(51-49(53)56)52(4)44-40-42(41(3)39-43(44)50-45)48(55)57-38-36-34-32-30-28-26-24-22-20-18-16-14-12-10-8-6-2/h39-40H,5-38H2,1-4H3. The fraction of sp³-hybridized carbons (Fsp3) is 0.776. The number of rotatable bonds is 35. The van der Waals surface area contributed by atoms with Crippen LogP contribution in [-0.4, -0.2) is 31.7 Å². The van der Waals surface area contributed by atoms with Crippen molar-refractivity contribution in [3.8, 4) is 11.5 Å². The van der Waals surface area contributed by atoms with Crippen LogP contribution in [0.3, 0.4) is 0 Å². The number of ether oxygens (including phenoxy) is 1. The predicted molar refractivity (Wildman–Crippen MR) is 240 cm³/mol. The highest BCUT2D eigenvalue weighted by molar-refractivity contribution is 5.96. The average Bonchev–Trinajstić information content (AvgIpc) is 3.20. The van der Waals surface area contributed by atoms with Crippen LogP contribution in [0.4, 0.5) is 0 Å². The number of nitrogens with zero attached hydrogens (tertiary/aromatic N) is 4. The molecule has 322 valence electrons. The number of aryl methyl sites for hydroxylation is 2. The molecule has 2 aliphatic heterocycles. The lowest BCUT2D eigenvalue weighted by Gasteiger charge is -2.16. The van der Waals surface area contributed by atoms with Gasteiger partial charge in [0, 0.05) is 13.6 Å². The SMILES string of the molecule is CCCCCCCCCCCCCCCCCCOC(=O)c1cc2c(cc1C)nc1c(=O)n(CCCCCCCCCCCCCCCCCC)c(=O)nc-1n2C. The molecule has 0 saturated heterocycles. The van der Waals surface area contributed by atoms with E-state index in [9.17, 15) is 14.4 Å². The molecular weight excluding hydrogens is 709 g/mol. The van der Waals surface area contributed by atoms with Gasteiger partial charge in [0.25, 0.3) is 5.56 Å². The fourth-order valence-electron chi connectivity index (χ4n) is 8.25. The van der Waals surface area contributed by atoms with Gasteiger partial charge in [-0.2, -0.15) is 4.98 Å². The molecule has 0 atom stereocenters. The van der Waals surface area contributed by atoms with Crippen molar-refractivity contribution in [2.75, 3.05) is 6.61 Å². The second kappa shape index (κ2) is 30.1. The van der Waals surface area contributed by atoms with Crippen LogP contribution in [0.1, 0.15) is 235 Å². The normalized spacial score (nSPS) is 11.6. The summed E-state index contributed by atoms with van der Waals surface area (Å²) in [6, 6.07) is 3.58. The molecule has 0 amide bonds. The topological polar surface area (TPSA) is 96.1 Å². The molecule has 0 aliphatic carbocycles. The lowest BCUT2D eigenvalue weighted by atomic mass is 10.0. The molecule has 0 aromatic heterocycles. The Morgan fingerprint density at radius 1 is 0.561 bits per heavy atom. The van der Waals surface area contributed by atoms with E-state index in [1.165, 1.54) is 178 Å². The van der Waals surface area contributed by atoms with E-state index >= 15 is 0 Å². The van der Waals surface area contributed by atoms with Gasteiger partial charge in [0.1, 0.15) is 0 Å². The largest absolute Gasteiger partial charge is 0.462 e. The lowest BCUT2D eigenvalue weighted by molar-refractivity contribution is 0.0497. The van der Waals surface area contributed by atoms with E-state index in [1.807, 2.05) is 13.0 Å². The summed E-state index contributed by atoms with van der Waals surface area (Å²) < 4.78 is 8.62. The summed E-state index contributed by atoms with van der Waals surface area (Å²) in [5, 5.41) is 0. The van der Waals surface area contributed by atoms with Gasteiger partial charge in [-0.15, -0.1) is 0 Å². The minimum absolute atomic E-state index is 0.180. The first-order valence-electron chi connectivity index (χ1n) is 24.0. The van der Waals surface area contributed by atoms with E-state index < -0.39 is 11.2 Å². The highest BCUT2D eigenvalue weighted by atomic mass is 16.5. The summed E-state index contributed by atoms with van der Waals surface area (Å²) in [5.74, 6) is -0.126. The molecular formula is C49H82N4O4. The average molecular weight is 791 g/mol. The Kier molecular flexibility index (Phi) is 25.5. The van der Waals surface area contributed by atoms with Crippen molar-refractivity contribution in [1.82, 2.24) is 19.1 Å². The van der Waals surface area contributed by atoms with Crippen LogP contribution in [0, 0.1) is 6.92 Å². The number of aromatic nitrogens is 4. The van der Waals surface area contributed by atoms with Gasteiger partial charge < -0.3 is 9.30 Å². The third kappa shape index (κ3) is 18.6. The number of fused-ring (bicyclic) bond motifs is 2. The Labute approximate surface area is 346 Å². The van der Waals surface area contributed by atoms with Crippen molar-refractivity contribution in [2.24, 2.45) is 7.05 Å². The van der Waals surface area contributed by atoms with Crippen molar-refractivity contribution < 1.29 is 9.53 Å². The van der Waals surface area contributed by atoms with Gasteiger partial charge in [0.2, 0.25) is 0 Å². The van der Waals surface area contributed by atoms with Gasteiger partial charge in [-0.25, -0.2) is 14.6 Å². The van der Waals surface area contributed by atoms with Gasteiger partial charge in [0.15, 0.2) is 11.5 Å². The molecule has 57 heavy (non-hydrogen) atoms. The third-order valence-corrected chi connectivity index (χ3v) is 12.0. The highest BCUT2D eigenvalue weighted by Crippen LogP contribution is 2.24. The third-order valence-electron chi connectivity index (χ3n) is 12.0. The minimum Gasteiger partial charge on any atom is -0.462 e. The Morgan fingerprint density at radius 2 is 0.965 bits per heavy atom. The highest BCUT2D eigenvalue weighted by Gasteiger charge is 2.22. The number of carbonyl (C=O) groups excluding carboxylic acids is 1. The quantitative estimate of drug-likeness (QED) is 0.0334. The summed E-state index contributed by atoms with van der Waals surface area (Å²) in [4.78, 5) is 48.6. The van der Waals surface area contributed by atoms with E-state index in [0.717, 1.165) is 37.7 Å². The Morgan fingerprint density at radius 3 is 1.40 bits per heavy atom. The predicted octanol–water partition coefficient (Wildman–Crippen LogP) is 13.6. The zero-order valence-electron chi connectivity index (χ0n) is 37.1. The van der Waals surface area contributed by atoms with Crippen LogP contribution in [0.5, 0.6) is 0 Å². The van der Waals surface area contributed by atoms with Gasteiger partial charge >= 0.3 is 11.7 Å². The van der Waals surface area contributed by atoms with Gasteiger partial charge in [0.05, 0.1) is 23.2 Å². The van der Waals surface area contributed by atoms with E-state index in [-0.39, 0.29) is 17.5 Å². The summed E-state index contributed by atoms with van der Waals surface area (Å²) >= 11 is 0. The van der Waals surface area contributed by atoms with Crippen LogP contribution >= 0.6 is 0 Å². The van der Waals surface area contributed by atoms with Crippen molar-refractivity contribution >= 4 is 17.0 Å². The first-order valence-corrected chi connectivity index (χ1v) is 24.0. The van der Waals surface area contributed by atoms with Crippen molar-refractivity contribution in [3.05, 3.63) is 44.1 Å². The molecule has 1 aromatic carbocycles. The maximum absolute atomic E-state index is 13.5. The Balaban J connectivity index is 1.34. The van der Waals surface area contributed by atoms with Crippen molar-refractivity contribution in [3.63, 3.8) is 0 Å². The molecule has 2 heterocycles. The number of esters is 1. The summed E-state index contributed by atoms with van der Waals surface area (Å²) in [6.45, 7) is 7.17. The molecule has 0 bridgehead atoms. The Bertz CT molecular complexity index is 1610. The minimum atomic E-state index is -0.546. The number of hydrogen-bond donors (Lipinski definition) is 0. The molecule has 2 aliphatic rings. The number of carbonyl (C=O) groups is 1. The lowest BCUT2D eigenvalue weighted by Crippen LogP contribution is -2.38. The molecule has 0 unspecified atom stereocenters. The summed E-state index contributed by atoms with van der Waals surface area (Å²) in [6.07, 6.45) is 41.2. The zero-order chi connectivity index (χ0) is 40.9. The van der Waals surface area contributed by atoms with Crippen molar-refractivity contribution in [2.45, 2.75) is 233 Å². The van der Waals surface area contributed by atoms with E-state index in [1.54, 1.807) is 17.7 Å². The molecule has 8 nitrogen and oxygen atoms in total. The Hall–Kier alpha value is -3.03. The van der Waals surface area contributed by atoms with Crippen molar-refractivity contribution in [1.29, 1.82) is 0 Å². The second-order valence-corrected chi connectivity index (χ2v) is 17.1. The molecule has 1 aromatic rings. The fourth-order valence-corrected chi connectivity index (χ4v) is 8.25. The maximum atomic E-state index is 13.5. The zero-order valence-corrected chi connectivity index (χ0v) is 37.1. The molecule has 0 radical (unpaired) electrons. The number of unbranched alkanes of at least 4 members (excludes halogenated alkanes) is 30. The molecule has 8 heteroatoms. The monoisotopic (exact) mass is 791 g/mol. The summed E-state index contributed by atoms with van der Waals surface area (Å²) in [7, 11) is 1.76. The molecule has 3 rings (SSSR count). The van der Waals surface area contributed by atoms with E-state index in [4.69, 9.17) is 4.74 Å². The van der Waals surface area contributed by atoms with Gasteiger partial charge in [-0.05, 0) is 37.5 Å². The number of benzene rings is 1. The smallest absolute Gasteiger partial charge is 0.352 e. The van der Waals surface area contributed by atoms with E-state index in [0.29, 0.717) is 29.7 Å². The first-order chi connectivity index (χ1) is 27.9. The van der Waals surface area contributed by atoms with E-state index in [2.05, 4.69) is 23.8 Å².